The quantitative estimate of drug-likeness (QED) is 0.748. The molecule has 0 atom stereocenters. The molecular weight excluding hydrogens is 316 g/mol. The summed E-state index contributed by atoms with van der Waals surface area (Å²) >= 11 is 0.624. The van der Waals surface area contributed by atoms with Crippen LogP contribution >= 0.6 is 11.3 Å². The molecule has 0 spiro atoms. The fraction of sp³-hybridized carbons (Fsp3) is 0.667. The second kappa shape index (κ2) is 7.19. The van der Waals surface area contributed by atoms with Crippen molar-refractivity contribution in [3.05, 3.63) is 15.4 Å². The summed E-state index contributed by atoms with van der Waals surface area (Å²) in [6, 6.07) is 0. The number of H-pyrrole nitrogens is 1. The van der Waals surface area contributed by atoms with E-state index in [-0.39, 0.29) is 35.5 Å². The van der Waals surface area contributed by atoms with Gasteiger partial charge >= 0.3 is 10.8 Å². The molecular formula is C12H20N2O5S2. The van der Waals surface area contributed by atoms with E-state index in [0.29, 0.717) is 11.3 Å². The van der Waals surface area contributed by atoms with E-state index in [2.05, 4.69) is 4.98 Å². The van der Waals surface area contributed by atoms with Gasteiger partial charge in [0.2, 0.25) is 0 Å². The molecule has 120 valence electrons. The van der Waals surface area contributed by atoms with E-state index in [9.17, 15) is 18.0 Å². The van der Waals surface area contributed by atoms with Gasteiger partial charge in [0.15, 0.2) is 4.21 Å². The molecule has 1 aromatic rings. The number of sulfonamides is 1. The Balaban J connectivity index is 3.14. The van der Waals surface area contributed by atoms with E-state index in [1.807, 2.05) is 13.8 Å². The highest BCUT2D eigenvalue weighted by Crippen LogP contribution is 2.22. The fourth-order valence-electron chi connectivity index (χ4n) is 1.76. The molecule has 0 radical (unpaired) electrons. The van der Waals surface area contributed by atoms with Gasteiger partial charge in [-0.2, -0.15) is 4.31 Å². The van der Waals surface area contributed by atoms with Gasteiger partial charge in [0.1, 0.15) is 6.54 Å². The molecule has 0 saturated heterocycles. The number of aromatic amines is 1. The Morgan fingerprint density at radius 3 is 2.48 bits per heavy atom. The van der Waals surface area contributed by atoms with E-state index >= 15 is 0 Å². The number of hydrogen-bond acceptors (Lipinski definition) is 6. The summed E-state index contributed by atoms with van der Waals surface area (Å²) in [7, 11) is -3.90. The molecule has 1 N–H and O–H groups in total. The van der Waals surface area contributed by atoms with Crippen molar-refractivity contribution >= 4 is 27.3 Å². The lowest BCUT2D eigenvalue weighted by atomic mass is 10.2. The van der Waals surface area contributed by atoms with E-state index in [1.54, 1.807) is 6.92 Å². The van der Waals surface area contributed by atoms with Gasteiger partial charge in [0.25, 0.3) is 10.0 Å². The summed E-state index contributed by atoms with van der Waals surface area (Å²) in [6.45, 7) is 6.86. The van der Waals surface area contributed by atoms with Crippen LogP contribution in [0.4, 0.5) is 0 Å². The predicted molar refractivity (Wildman–Crippen MR) is 79.9 cm³/mol. The van der Waals surface area contributed by atoms with Crippen LogP contribution in [0.3, 0.4) is 0 Å². The topological polar surface area (TPSA) is 96.5 Å². The molecule has 7 nitrogen and oxygen atoms in total. The lowest BCUT2D eigenvalue weighted by Gasteiger charge is -2.22. The Kier molecular flexibility index (Phi) is 6.11. The summed E-state index contributed by atoms with van der Waals surface area (Å²) in [4.78, 5) is 24.9. The van der Waals surface area contributed by atoms with Crippen LogP contribution in [-0.2, 0) is 19.6 Å². The first-order valence-electron chi connectivity index (χ1n) is 6.54. The Bertz CT molecular complexity index is 645. The maximum atomic E-state index is 12.6. The van der Waals surface area contributed by atoms with Gasteiger partial charge in [-0.3, -0.25) is 9.59 Å². The Morgan fingerprint density at radius 2 is 2.05 bits per heavy atom. The Labute approximate surface area is 128 Å². The first-order valence-corrected chi connectivity index (χ1v) is 8.79. The highest BCUT2D eigenvalue weighted by Gasteiger charge is 2.31. The Morgan fingerprint density at radius 1 is 1.43 bits per heavy atom. The highest BCUT2D eigenvalue weighted by molar-refractivity contribution is 7.91. The van der Waals surface area contributed by atoms with Crippen LogP contribution < -0.4 is 4.87 Å². The van der Waals surface area contributed by atoms with E-state index < -0.39 is 20.9 Å². The zero-order valence-electron chi connectivity index (χ0n) is 12.5. The first kappa shape index (κ1) is 17.9. The molecule has 0 aliphatic carbocycles. The van der Waals surface area contributed by atoms with Gasteiger partial charge in [-0.1, -0.05) is 25.2 Å². The van der Waals surface area contributed by atoms with Crippen LogP contribution in [0, 0.1) is 12.8 Å². The van der Waals surface area contributed by atoms with Crippen LogP contribution in [0.2, 0.25) is 0 Å². The van der Waals surface area contributed by atoms with Crippen molar-refractivity contribution in [1.29, 1.82) is 0 Å². The molecule has 0 amide bonds. The standard InChI is InChI=1S/C12H20N2O5S2/c1-5-19-10(15)7-14(6-8(2)3)21(17,18)11-9(4)13-12(16)20-11/h8H,5-7H2,1-4H3,(H,13,16). The Hall–Kier alpha value is -1.19. The number of ether oxygens (including phenoxy) is 1. The molecule has 0 aliphatic heterocycles. The summed E-state index contributed by atoms with van der Waals surface area (Å²) in [6.07, 6.45) is 0. The minimum Gasteiger partial charge on any atom is -0.465 e. The van der Waals surface area contributed by atoms with Crippen LogP contribution in [0.15, 0.2) is 9.00 Å². The maximum Gasteiger partial charge on any atom is 0.321 e. The van der Waals surface area contributed by atoms with Crippen LogP contribution in [0.1, 0.15) is 26.5 Å². The number of carbonyl (C=O) groups is 1. The van der Waals surface area contributed by atoms with Crippen molar-refractivity contribution in [1.82, 2.24) is 9.29 Å². The average molecular weight is 336 g/mol. The molecule has 1 heterocycles. The molecule has 0 aromatic carbocycles. The number of nitrogens with one attached hydrogen (secondary N) is 1. The third-order valence-corrected chi connectivity index (χ3v) is 5.93. The molecule has 21 heavy (non-hydrogen) atoms. The zero-order valence-corrected chi connectivity index (χ0v) is 14.1. The number of aromatic nitrogens is 1. The third kappa shape index (κ3) is 4.65. The zero-order chi connectivity index (χ0) is 16.2. The second-order valence-corrected chi connectivity index (χ2v) is 8.04. The minimum absolute atomic E-state index is 0.0326. The van der Waals surface area contributed by atoms with Crippen molar-refractivity contribution in [2.45, 2.75) is 31.9 Å². The minimum atomic E-state index is -3.90. The summed E-state index contributed by atoms with van der Waals surface area (Å²) < 4.78 is 31.0. The van der Waals surface area contributed by atoms with Crippen molar-refractivity contribution in [3.63, 3.8) is 0 Å². The monoisotopic (exact) mass is 336 g/mol. The van der Waals surface area contributed by atoms with Gasteiger partial charge in [0, 0.05) is 12.2 Å². The van der Waals surface area contributed by atoms with E-state index in [4.69, 9.17) is 4.74 Å². The van der Waals surface area contributed by atoms with Gasteiger partial charge in [-0.15, -0.1) is 0 Å². The van der Waals surface area contributed by atoms with Gasteiger partial charge in [-0.25, -0.2) is 8.42 Å². The van der Waals surface area contributed by atoms with Crippen molar-refractivity contribution < 1.29 is 17.9 Å². The number of nitrogens with zero attached hydrogens (tertiary/aromatic N) is 1. The van der Waals surface area contributed by atoms with Gasteiger partial charge in [-0.05, 0) is 19.8 Å². The molecule has 0 saturated carbocycles. The van der Waals surface area contributed by atoms with Gasteiger partial charge in [0.05, 0.1) is 6.61 Å². The van der Waals surface area contributed by atoms with E-state index in [0.717, 1.165) is 4.31 Å². The molecule has 9 heteroatoms. The third-order valence-electron chi connectivity index (χ3n) is 2.53. The van der Waals surface area contributed by atoms with Gasteiger partial charge < -0.3 is 9.72 Å². The molecule has 1 aromatic heterocycles. The molecule has 0 aliphatic rings. The molecule has 0 bridgehead atoms. The lowest BCUT2D eigenvalue weighted by molar-refractivity contribution is -0.143. The molecule has 0 unspecified atom stereocenters. The largest absolute Gasteiger partial charge is 0.465 e. The maximum absolute atomic E-state index is 12.6. The second-order valence-electron chi connectivity index (χ2n) is 4.92. The van der Waals surface area contributed by atoms with Crippen molar-refractivity contribution in [3.8, 4) is 0 Å². The predicted octanol–water partition coefficient (Wildman–Crippen LogP) is 0.955. The lowest BCUT2D eigenvalue weighted by Crippen LogP contribution is -2.38. The van der Waals surface area contributed by atoms with Crippen molar-refractivity contribution in [2.24, 2.45) is 5.92 Å². The van der Waals surface area contributed by atoms with Crippen molar-refractivity contribution in [2.75, 3.05) is 19.7 Å². The smallest absolute Gasteiger partial charge is 0.321 e. The van der Waals surface area contributed by atoms with E-state index in [1.165, 1.54) is 6.92 Å². The number of aryl methyl sites for hydroxylation is 1. The highest BCUT2D eigenvalue weighted by atomic mass is 32.2. The number of hydrogen-bond donors (Lipinski definition) is 1. The fourth-order valence-corrected chi connectivity index (χ4v) is 4.74. The molecule has 1 rings (SSSR count). The number of esters is 1. The number of rotatable bonds is 7. The summed E-state index contributed by atoms with van der Waals surface area (Å²) in [5, 5.41) is 0. The first-order chi connectivity index (χ1) is 9.68. The van der Waals surface area contributed by atoms with Crippen LogP contribution in [0.25, 0.3) is 0 Å². The van der Waals surface area contributed by atoms with Crippen LogP contribution in [-0.4, -0.2) is 43.4 Å². The average Bonchev–Trinajstić information content (AvgIpc) is 2.68. The number of thiazole rings is 1. The normalized spacial score (nSPS) is 12.1. The summed E-state index contributed by atoms with van der Waals surface area (Å²) in [5.74, 6) is -0.576. The van der Waals surface area contributed by atoms with Crippen LogP contribution in [0.5, 0.6) is 0 Å². The molecule has 0 fully saturated rings. The summed E-state index contributed by atoms with van der Waals surface area (Å²) in [5.41, 5.74) is 0.280. The number of carbonyl (C=O) groups excluding carboxylic acids is 1. The SMILES string of the molecule is CCOC(=O)CN(CC(C)C)S(=O)(=O)c1sc(=O)[nH]c1C.